The number of para-hydroxylation sites is 1. The van der Waals surface area contributed by atoms with Crippen LogP contribution in [0.4, 0.5) is 0 Å². The SMILES string of the molecule is O=C1CC(=S)c2ccccc2O1. The Morgan fingerprint density at radius 3 is 2.92 bits per heavy atom. The Morgan fingerprint density at radius 1 is 1.33 bits per heavy atom. The third-order valence-electron chi connectivity index (χ3n) is 1.72. The number of thiocarbonyl (C=S) groups is 1. The van der Waals surface area contributed by atoms with Gasteiger partial charge in [-0.1, -0.05) is 30.4 Å². The number of hydrogen-bond acceptors (Lipinski definition) is 3. The highest BCUT2D eigenvalue weighted by molar-refractivity contribution is 7.81. The van der Waals surface area contributed by atoms with Crippen LogP contribution >= 0.6 is 12.2 Å². The van der Waals surface area contributed by atoms with Gasteiger partial charge in [-0.25, -0.2) is 0 Å². The Kier molecular flexibility index (Phi) is 1.66. The number of carbonyl (C=O) groups excluding carboxylic acids is 1. The summed E-state index contributed by atoms with van der Waals surface area (Å²) in [5.74, 6) is 0.317. The van der Waals surface area contributed by atoms with Gasteiger partial charge in [0.15, 0.2) is 0 Å². The Balaban J connectivity index is 2.54. The van der Waals surface area contributed by atoms with Crippen LogP contribution in [0.15, 0.2) is 24.3 Å². The number of esters is 1. The van der Waals surface area contributed by atoms with Gasteiger partial charge in [-0.2, -0.15) is 0 Å². The number of benzene rings is 1. The summed E-state index contributed by atoms with van der Waals surface area (Å²) in [5, 5.41) is 0. The molecular formula is C9H6O2S. The fourth-order valence-electron chi connectivity index (χ4n) is 1.17. The van der Waals surface area contributed by atoms with Crippen LogP contribution in [0.1, 0.15) is 12.0 Å². The lowest BCUT2D eigenvalue weighted by Gasteiger charge is -2.15. The highest BCUT2D eigenvalue weighted by atomic mass is 32.1. The van der Waals surface area contributed by atoms with Crippen molar-refractivity contribution in [1.29, 1.82) is 0 Å². The second-order valence-electron chi connectivity index (χ2n) is 2.57. The molecule has 12 heavy (non-hydrogen) atoms. The molecule has 0 aliphatic carbocycles. The molecule has 0 spiro atoms. The van der Waals surface area contributed by atoms with Crippen LogP contribution in [0.2, 0.25) is 0 Å². The standard InChI is InChI=1S/C9H6O2S/c10-9-5-8(12)6-3-1-2-4-7(6)11-9/h1-4H,5H2. The molecular weight excluding hydrogens is 172 g/mol. The van der Waals surface area contributed by atoms with Crippen LogP contribution in [0.25, 0.3) is 0 Å². The summed E-state index contributed by atoms with van der Waals surface area (Å²) in [7, 11) is 0. The molecule has 0 bridgehead atoms. The van der Waals surface area contributed by atoms with Crippen LogP contribution < -0.4 is 4.74 Å². The number of fused-ring (bicyclic) bond motifs is 1. The summed E-state index contributed by atoms with van der Waals surface area (Å²) >= 11 is 5.04. The normalized spacial score (nSPS) is 15.3. The van der Waals surface area contributed by atoms with E-state index in [9.17, 15) is 4.79 Å². The zero-order valence-electron chi connectivity index (χ0n) is 6.24. The van der Waals surface area contributed by atoms with Gasteiger partial charge >= 0.3 is 5.97 Å². The highest BCUT2D eigenvalue weighted by Gasteiger charge is 2.20. The summed E-state index contributed by atoms with van der Waals surface area (Å²) in [6.45, 7) is 0. The average molecular weight is 178 g/mol. The van der Waals surface area contributed by atoms with Crippen molar-refractivity contribution in [1.82, 2.24) is 0 Å². The van der Waals surface area contributed by atoms with Crippen molar-refractivity contribution in [3.05, 3.63) is 29.8 Å². The fourth-order valence-corrected chi connectivity index (χ4v) is 1.46. The van der Waals surface area contributed by atoms with Crippen molar-refractivity contribution in [2.24, 2.45) is 0 Å². The van der Waals surface area contributed by atoms with Gasteiger partial charge in [-0.3, -0.25) is 4.79 Å². The largest absolute Gasteiger partial charge is 0.426 e. The minimum Gasteiger partial charge on any atom is -0.426 e. The minimum atomic E-state index is -0.265. The van der Waals surface area contributed by atoms with Gasteiger partial charge in [0.2, 0.25) is 0 Å². The van der Waals surface area contributed by atoms with E-state index < -0.39 is 0 Å². The summed E-state index contributed by atoms with van der Waals surface area (Å²) in [5.41, 5.74) is 0.868. The third kappa shape index (κ3) is 1.12. The van der Waals surface area contributed by atoms with E-state index in [0.29, 0.717) is 10.6 Å². The Morgan fingerprint density at radius 2 is 2.08 bits per heavy atom. The molecule has 0 saturated heterocycles. The predicted octanol–water partition coefficient (Wildman–Crippen LogP) is 1.71. The summed E-state index contributed by atoms with van der Waals surface area (Å²) < 4.78 is 4.98. The van der Waals surface area contributed by atoms with Crippen molar-refractivity contribution in [2.45, 2.75) is 6.42 Å². The molecule has 0 N–H and O–H groups in total. The molecule has 0 saturated carbocycles. The van der Waals surface area contributed by atoms with Crippen molar-refractivity contribution in [3.8, 4) is 5.75 Å². The van der Waals surface area contributed by atoms with Crippen LogP contribution in [0.3, 0.4) is 0 Å². The molecule has 3 heteroatoms. The molecule has 0 atom stereocenters. The van der Waals surface area contributed by atoms with E-state index in [2.05, 4.69) is 0 Å². The Bertz CT molecular complexity index is 357. The first-order valence-corrected chi connectivity index (χ1v) is 4.01. The van der Waals surface area contributed by atoms with Crippen molar-refractivity contribution in [3.63, 3.8) is 0 Å². The molecule has 1 aliphatic rings. The molecule has 1 aromatic carbocycles. The zero-order chi connectivity index (χ0) is 8.55. The molecule has 0 unspecified atom stereocenters. The van der Waals surface area contributed by atoms with Gasteiger partial charge in [0.25, 0.3) is 0 Å². The van der Waals surface area contributed by atoms with E-state index in [0.717, 1.165) is 5.56 Å². The molecule has 2 nitrogen and oxygen atoms in total. The molecule has 0 radical (unpaired) electrons. The van der Waals surface area contributed by atoms with E-state index in [1.165, 1.54) is 0 Å². The monoisotopic (exact) mass is 178 g/mol. The topological polar surface area (TPSA) is 26.3 Å². The summed E-state index contributed by atoms with van der Waals surface area (Å²) in [4.78, 5) is 11.6. The maximum Gasteiger partial charge on any atom is 0.316 e. The van der Waals surface area contributed by atoms with Crippen LogP contribution in [-0.2, 0) is 4.79 Å². The predicted molar refractivity (Wildman–Crippen MR) is 48.4 cm³/mol. The van der Waals surface area contributed by atoms with Gasteiger partial charge in [0, 0.05) is 10.4 Å². The van der Waals surface area contributed by atoms with Crippen LogP contribution in [0, 0.1) is 0 Å². The first kappa shape index (κ1) is 7.43. The molecule has 2 rings (SSSR count). The second-order valence-corrected chi connectivity index (χ2v) is 3.06. The van der Waals surface area contributed by atoms with Crippen LogP contribution in [-0.4, -0.2) is 10.8 Å². The summed E-state index contributed by atoms with van der Waals surface area (Å²) in [6, 6.07) is 7.31. The van der Waals surface area contributed by atoms with Gasteiger partial charge < -0.3 is 4.74 Å². The first-order chi connectivity index (χ1) is 5.77. The molecule has 0 aromatic heterocycles. The molecule has 1 heterocycles. The molecule has 1 aliphatic heterocycles. The number of ether oxygens (including phenoxy) is 1. The average Bonchev–Trinajstić information content (AvgIpc) is 2.04. The maximum atomic E-state index is 10.9. The maximum absolute atomic E-state index is 10.9. The number of hydrogen-bond donors (Lipinski definition) is 0. The lowest BCUT2D eigenvalue weighted by molar-refractivity contribution is -0.133. The number of carbonyl (C=O) groups is 1. The fraction of sp³-hybridized carbons (Fsp3) is 0.111. The van der Waals surface area contributed by atoms with Crippen molar-refractivity contribution >= 4 is 23.1 Å². The minimum absolute atomic E-state index is 0.229. The summed E-state index contributed by atoms with van der Waals surface area (Å²) in [6.07, 6.45) is 0.229. The van der Waals surface area contributed by atoms with Crippen LogP contribution in [0.5, 0.6) is 5.75 Å². The Labute approximate surface area is 75.2 Å². The van der Waals surface area contributed by atoms with E-state index in [1.54, 1.807) is 6.07 Å². The quantitative estimate of drug-likeness (QED) is 0.343. The number of rotatable bonds is 0. The van der Waals surface area contributed by atoms with E-state index in [4.69, 9.17) is 17.0 Å². The molecule has 0 fully saturated rings. The van der Waals surface area contributed by atoms with E-state index in [-0.39, 0.29) is 12.4 Å². The molecule has 1 aromatic rings. The van der Waals surface area contributed by atoms with Crippen molar-refractivity contribution in [2.75, 3.05) is 0 Å². The first-order valence-electron chi connectivity index (χ1n) is 3.60. The molecule has 0 amide bonds. The van der Waals surface area contributed by atoms with E-state index >= 15 is 0 Å². The second kappa shape index (κ2) is 2.68. The highest BCUT2D eigenvalue weighted by Crippen LogP contribution is 2.24. The van der Waals surface area contributed by atoms with E-state index in [1.807, 2.05) is 18.2 Å². The lowest BCUT2D eigenvalue weighted by atomic mass is 10.1. The Hall–Kier alpha value is -1.22. The van der Waals surface area contributed by atoms with Gasteiger partial charge in [-0.15, -0.1) is 0 Å². The lowest BCUT2D eigenvalue weighted by Crippen LogP contribution is -2.20. The zero-order valence-corrected chi connectivity index (χ0v) is 7.06. The van der Waals surface area contributed by atoms with Crippen molar-refractivity contribution < 1.29 is 9.53 Å². The van der Waals surface area contributed by atoms with Gasteiger partial charge in [0.05, 0.1) is 6.42 Å². The van der Waals surface area contributed by atoms with Gasteiger partial charge in [0.1, 0.15) is 5.75 Å². The smallest absolute Gasteiger partial charge is 0.316 e. The molecule has 60 valence electrons. The third-order valence-corrected chi connectivity index (χ3v) is 2.08. The van der Waals surface area contributed by atoms with Gasteiger partial charge in [-0.05, 0) is 6.07 Å².